The Morgan fingerprint density at radius 1 is 1.02 bits per heavy atom. The van der Waals surface area contributed by atoms with E-state index in [1.54, 1.807) is 19.9 Å². The molecule has 2 amide bonds. The number of anilines is 1. The third-order valence-electron chi connectivity index (χ3n) is 6.10. The van der Waals surface area contributed by atoms with Crippen LogP contribution in [0.2, 0.25) is 5.02 Å². The number of halogens is 2. The molecule has 0 heterocycles. The van der Waals surface area contributed by atoms with Crippen LogP contribution in [0.15, 0.2) is 72.8 Å². The molecule has 0 unspecified atom stereocenters. The highest BCUT2D eigenvalue weighted by Crippen LogP contribution is 2.30. The van der Waals surface area contributed by atoms with Crippen LogP contribution in [0.5, 0.6) is 5.75 Å². The number of nitrogens with one attached hydrogen (secondary N) is 1. The number of carbonyl (C=O) groups is 2. The summed E-state index contributed by atoms with van der Waals surface area (Å²) in [6.07, 6.45) is 1.10. The predicted molar refractivity (Wildman–Crippen MR) is 154 cm³/mol. The van der Waals surface area contributed by atoms with Crippen LogP contribution >= 0.6 is 11.6 Å². The molecule has 0 aromatic heterocycles. The molecule has 0 saturated carbocycles. The van der Waals surface area contributed by atoms with Gasteiger partial charge in [-0.2, -0.15) is 0 Å². The maximum atomic E-state index is 14.8. The third kappa shape index (κ3) is 8.19. The zero-order valence-corrected chi connectivity index (χ0v) is 24.4. The van der Waals surface area contributed by atoms with Crippen molar-refractivity contribution in [1.29, 1.82) is 0 Å². The summed E-state index contributed by atoms with van der Waals surface area (Å²) in [4.78, 5) is 28.7. The molecule has 0 aliphatic carbocycles. The molecule has 3 rings (SSSR count). The SMILES string of the molecule is COc1ccc(N(CC(=O)N(Cc2ccccc2F)[C@@H](Cc2ccccc2)C(=O)NC(C)C)S(C)(=O)=O)cc1Cl. The van der Waals surface area contributed by atoms with E-state index in [9.17, 15) is 22.4 Å². The lowest BCUT2D eigenvalue weighted by atomic mass is 10.0. The largest absolute Gasteiger partial charge is 0.495 e. The number of hydrogen-bond donors (Lipinski definition) is 1. The summed E-state index contributed by atoms with van der Waals surface area (Å²) >= 11 is 6.24. The number of methoxy groups -OCH3 is 1. The van der Waals surface area contributed by atoms with Crippen LogP contribution in [0.3, 0.4) is 0 Å². The molecule has 0 spiro atoms. The Balaban J connectivity index is 2.07. The molecule has 0 saturated heterocycles. The highest BCUT2D eigenvalue weighted by atomic mass is 35.5. The fourth-order valence-electron chi connectivity index (χ4n) is 4.17. The van der Waals surface area contributed by atoms with Gasteiger partial charge in [-0.1, -0.05) is 60.1 Å². The van der Waals surface area contributed by atoms with Gasteiger partial charge in [-0.15, -0.1) is 0 Å². The lowest BCUT2D eigenvalue weighted by Gasteiger charge is -2.34. The topological polar surface area (TPSA) is 96.0 Å². The zero-order valence-electron chi connectivity index (χ0n) is 22.8. The minimum Gasteiger partial charge on any atom is -0.495 e. The molecule has 0 bridgehead atoms. The van der Waals surface area contributed by atoms with Crippen molar-refractivity contribution < 1.29 is 27.1 Å². The van der Waals surface area contributed by atoms with Crippen molar-refractivity contribution >= 4 is 39.1 Å². The fraction of sp³-hybridized carbons (Fsp3) is 0.310. The van der Waals surface area contributed by atoms with Gasteiger partial charge in [0.05, 0.1) is 24.1 Å². The van der Waals surface area contributed by atoms with Crippen molar-refractivity contribution in [2.45, 2.75) is 38.9 Å². The lowest BCUT2D eigenvalue weighted by molar-refractivity contribution is -0.140. The second kappa shape index (κ2) is 13.6. The van der Waals surface area contributed by atoms with Crippen LogP contribution in [0.4, 0.5) is 10.1 Å². The van der Waals surface area contributed by atoms with E-state index in [-0.39, 0.29) is 35.3 Å². The van der Waals surface area contributed by atoms with Crippen molar-refractivity contribution in [2.24, 2.45) is 0 Å². The van der Waals surface area contributed by atoms with Crippen molar-refractivity contribution in [3.05, 3.63) is 94.8 Å². The second-order valence-corrected chi connectivity index (χ2v) is 11.9. The summed E-state index contributed by atoms with van der Waals surface area (Å²) in [5.41, 5.74) is 1.10. The number of sulfonamides is 1. The molecule has 0 aliphatic rings. The van der Waals surface area contributed by atoms with E-state index in [4.69, 9.17) is 16.3 Å². The quantitative estimate of drug-likeness (QED) is 0.337. The van der Waals surface area contributed by atoms with Crippen molar-refractivity contribution in [2.75, 3.05) is 24.2 Å². The molecular weight excluding hydrogens is 557 g/mol. The molecular formula is C29H33ClFN3O5S. The van der Waals surface area contributed by atoms with Gasteiger partial charge in [0, 0.05) is 24.6 Å². The van der Waals surface area contributed by atoms with Gasteiger partial charge in [0.1, 0.15) is 24.2 Å². The summed E-state index contributed by atoms with van der Waals surface area (Å²) in [6.45, 7) is 2.68. The van der Waals surface area contributed by atoms with Gasteiger partial charge in [0.2, 0.25) is 21.8 Å². The van der Waals surface area contributed by atoms with E-state index in [0.29, 0.717) is 5.75 Å². The Morgan fingerprint density at radius 2 is 1.68 bits per heavy atom. The molecule has 0 radical (unpaired) electrons. The number of carbonyl (C=O) groups excluding carboxylic acids is 2. The van der Waals surface area contributed by atoms with Crippen LogP contribution in [0, 0.1) is 5.82 Å². The number of benzene rings is 3. The predicted octanol–water partition coefficient (Wildman–Crippen LogP) is 4.42. The second-order valence-electron chi connectivity index (χ2n) is 9.57. The van der Waals surface area contributed by atoms with E-state index in [1.165, 1.54) is 48.4 Å². The van der Waals surface area contributed by atoms with Crippen LogP contribution in [0.25, 0.3) is 0 Å². The molecule has 40 heavy (non-hydrogen) atoms. The van der Waals surface area contributed by atoms with Gasteiger partial charge in [0.25, 0.3) is 0 Å². The number of amides is 2. The molecule has 3 aromatic carbocycles. The summed E-state index contributed by atoms with van der Waals surface area (Å²) in [5.74, 6) is -1.35. The van der Waals surface area contributed by atoms with Crippen LogP contribution < -0.4 is 14.4 Å². The first-order valence-corrected chi connectivity index (χ1v) is 14.8. The van der Waals surface area contributed by atoms with Gasteiger partial charge in [-0.25, -0.2) is 12.8 Å². The van der Waals surface area contributed by atoms with E-state index < -0.39 is 40.2 Å². The van der Waals surface area contributed by atoms with Crippen LogP contribution in [0.1, 0.15) is 25.0 Å². The first-order valence-electron chi connectivity index (χ1n) is 12.6. The normalized spacial score (nSPS) is 12.1. The first-order chi connectivity index (χ1) is 18.9. The lowest BCUT2D eigenvalue weighted by Crippen LogP contribution is -2.54. The monoisotopic (exact) mass is 589 g/mol. The molecule has 3 aromatic rings. The van der Waals surface area contributed by atoms with E-state index in [2.05, 4.69) is 5.32 Å². The maximum absolute atomic E-state index is 14.8. The van der Waals surface area contributed by atoms with E-state index >= 15 is 0 Å². The molecule has 11 heteroatoms. The minimum atomic E-state index is -3.98. The molecule has 0 aliphatic heterocycles. The Morgan fingerprint density at radius 3 is 2.25 bits per heavy atom. The van der Waals surface area contributed by atoms with Crippen molar-refractivity contribution in [3.8, 4) is 5.75 Å². The standard InChI is InChI=1S/C29H33ClFN3O5S/c1-20(2)32-29(36)26(16-21-10-6-5-7-11-21)33(18-22-12-8-9-13-25(22)31)28(35)19-34(40(4,37)38)23-14-15-27(39-3)24(30)17-23/h5-15,17,20,26H,16,18-19H2,1-4H3,(H,32,36)/t26-/m0/s1. The van der Waals surface area contributed by atoms with E-state index in [1.807, 2.05) is 30.3 Å². The smallest absolute Gasteiger partial charge is 0.244 e. The third-order valence-corrected chi connectivity index (χ3v) is 7.54. The van der Waals surface area contributed by atoms with Gasteiger partial charge in [-0.05, 0) is 43.7 Å². The number of nitrogens with zero attached hydrogens (tertiary/aromatic N) is 2. The fourth-order valence-corrected chi connectivity index (χ4v) is 5.26. The average molecular weight is 590 g/mol. The highest BCUT2D eigenvalue weighted by molar-refractivity contribution is 7.92. The zero-order chi connectivity index (χ0) is 29.4. The first kappa shape index (κ1) is 30.9. The molecule has 1 atom stereocenters. The number of rotatable bonds is 12. The Kier molecular flexibility index (Phi) is 10.5. The summed E-state index contributed by atoms with van der Waals surface area (Å²) in [6, 6.07) is 18.1. The minimum absolute atomic E-state index is 0.132. The molecule has 8 nitrogen and oxygen atoms in total. The Bertz CT molecular complexity index is 1440. The Hall–Kier alpha value is -3.63. The molecule has 0 fully saturated rings. The average Bonchev–Trinajstić information content (AvgIpc) is 2.89. The van der Waals surface area contributed by atoms with Gasteiger partial charge in [-0.3, -0.25) is 13.9 Å². The molecule has 214 valence electrons. The number of ether oxygens (including phenoxy) is 1. The van der Waals surface area contributed by atoms with Gasteiger partial charge in [0.15, 0.2) is 0 Å². The summed E-state index contributed by atoms with van der Waals surface area (Å²) in [7, 11) is -2.55. The molecule has 1 N–H and O–H groups in total. The van der Waals surface area contributed by atoms with Crippen molar-refractivity contribution in [3.63, 3.8) is 0 Å². The highest BCUT2D eigenvalue weighted by Gasteiger charge is 2.33. The van der Waals surface area contributed by atoms with Gasteiger partial charge >= 0.3 is 0 Å². The Labute approximate surface area is 239 Å². The maximum Gasteiger partial charge on any atom is 0.244 e. The van der Waals surface area contributed by atoms with Crippen LogP contribution in [-0.2, 0) is 32.6 Å². The van der Waals surface area contributed by atoms with Crippen molar-refractivity contribution in [1.82, 2.24) is 10.2 Å². The summed E-state index contributed by atoms with van der Waals surface area (Å²) in [5, 5.41) is 3.00. The number of hydrogen-bond acceptors (Lipinski definition) is 5. The van der Waals surface area contributed by atoms with Gasteiger partial charge < -0.3 is 15.0 Å². The van der Waals surface area contributed by atoms with Crippen LogP contribution in [-0.4, -0.2) is 57.1 Å². The summed E-state index contributed by atoms with van der Waals surface area (Å²) < 4.78 is 46.5. The van der Waals surface area contributed by atoms with E-state index in [0.717, 1.165) is 16.1 Å².